The molecule has 9 heteroatoms. The van der Waals surface area contributed by atoms with E-state index in [1.54, 1.807) is 54.7 Å². The molecule has 0 saturated heterocycles. The highest BCUT2D eigenvalue weighted by atomic mass is 35.5. The molecule has 0 bridgehead atoms. The van der Waals surface area contributed by atoms with Gasteiger partial charge in [0.1, 0.15) is 11.3 Å². The Morgan fingerprint density at radius 2 is 1.61 bits per heavy atom. The number of benzene rings is 5. The van der Waals surface area contributed by atoms with Crippen molar-refractivity contribution in [1.82, 2.24) is 9.66 Å². The van der Waals surface area contributed by atoms with Gasteiger partial charge in [-0.3, -0.25) is 9.59 Å². The lowest BCUT2D eigenvalue weighted by atomic mass is 10.0. The number of nitrogens with zero attached hydrogens (tertiary/aromatic N) is 3. The van der Waals surface area contributed by atoms with Crippen LogP contribution in [-0.4, -0.2) is 28.4 Å². The average molecular weight is 599 g/mol. The molecule has 44 heavy (non-hydrogen) atoms. The summed E-state index contributed by atoms with van der Waals surface area (Å²) >= 11 is 5.95. The zero-order valence-corrected chi connectivity index (χ0v) is 23.9. The van der Waals surface area contributed by atoms with Crippen LogP contribution in [0.5, 0.6) is 5.75 Å². The Balaban J connectivity index is 1.30. The van der Waals surface area contributed by atoms with Gasteiger partial charge >= 0.3 is 0 Å². The quantitative estimate of drug-likeness (QED) is 0.191. The molecule has 0 aliphatic rings. The van der Waals surface area contributed by atoms with Crippen LogP contribution in [-0.2, 0) is 4.79 Å². The molecule has 214 valence electrons. The van der Waals surface area contributed by atoms with Crippen LogP contribution in [0.2, 0.25) is 5.02 Å². The fourth-order valence-corrected chi connectivity index (χ4v) is 5.13. The van der Waals surface area contributed by atoms with Gasteiger partial charge in [-0.2, -0.15) is 9.78 Å². The third-order valence-corrected chi connectivity index (χ3v) is 7.37. The molecule has 5 aromatic carbocycles. The Kier molecular flexibility index (Phi) is 7.09. The SMILES string of the molecule is O=C(COc1ccc2ccccc2c1C=Nn1c(-c2cc3ccccc3o2)nc2ccccc2c1=O)Nc1ccc(Cl)cc1. The summed E-state index contributed by atoms with van der Waals surface area (Å²) in [5.74, 6) is 0.738. The third kappa shape index (κ3) is 5.30. The molecule has 7 rings (SSSR count). The number of hydrogen-bond acceptors (Lipinski definition) is 6. The molecular formula is C35H23ClN4O4. The summed E-state index contributed by atoms with van der Waals surface area (Å²) in [4.78, 5) is 31.3. The summed E-state index contributed by atoms with van der Waals surface area (Å²) in [5, 5.41) is 11.1. The molecule has 8 nitrogen and oxygen atoms in total. The van der Waals surface area contributed by atoms with Gasteiger partial charge in [0.2, 0.25) is 5.82 Å². The Hall–Kier alpha value is -5.73. The summed E-state index contributed by atoms with van der Waals surface area (Å²) in [5.41, 5.74) is 2.04. The molecule has 0 aliphatic heterocycles. The number of ether oxygens (including phenoxy) is 1. The van der Waals surface area contributed by atoms with Crippen LogP contribution in [0, 0.1) is 0 Å². The van der Waals surface area contributed by atoms with Gasteiger partial charge in [0.05, 0.1) is 17.1 Å². The van der Waals surface area contributed by atoms with E-state index >= 15 is 0 Å². The predicted octanol–water partition coefficient (Wildman–Crippen LogP) is 7.52. The minimum atomic E-state index is -0.354. The summed E-state index contributed by atoms with van der Waals surface area (Å²) in [6, 6.07) is 34.7. The average Bonchev–Trinajstić information content (AvgIpc) is 3.49. The number of carbonyl (C=O) groups excluding carboxylic acids is 1. The van der Waals surface area contributed by atoms with Crippen molar-refractivity contribution in [2.45, 2.75) is 0 Å². The lowest BCUT2D eigenvalue weighted by Gasteiger charge is -2.13. The largest absolute Gasteiger partial charge is 0.483 e. The number of amides is 1. The number of nitrogens with one attached hydrogen (secondary N) is 1. The first-order chi connectivity index (χ1) is 21.5. The highest BCUT2D eigenvalue weighted by molar-refractivity contribution is 6.30. The first kappa shape index (κ1) is 27.1. The first-order valence-corrected chi connectivity index (χ1v) is 14.2. The van der Waals surface area contributed by atoms with E-state index in [0.29, 0.717) is 44.3 Å². The number of halogens is 1. The van der Waals surface area contributed by atoms with Crippen molar-refractivity contribution in [2.24, 2.45) is 5.10 Å². The van der Waals surface area contributed by atoms with E-state index < -0.39 is 0 Å². The van der Waals surface area contributed by atoms with Crippen molar-refractivity contribution >= 4 is 62.1 Å². The minimum Gasteiger partial charge on any atom is -0.483 e. The normalized spacial score (nSPS) is 11.5. The highest BCUT2D eigenvalue weighted by Gasteiger charge is 2.17. The van der Waals surface area contributed by atoms with E-state index in [2.05, 4.69) is 10.4 Å². The second-order valence-electron chi connectivity index (χ2n) is 10.0. The van der Waals surface area contributed by atoms with E-state index in [0.717, 1.165) is 16.2 Å². The minimum absolute atomic E-state index is 0.247. The van der Waals surface area contributed by atoms with Crippen LogP contribution in [0.3, 0.4) is 0 Å². The molecule has 1 amide bonds. The molecule has 0 radical (unpaired) electrons. The van der Waals surface area contributed by atoms with E-state index in [1.165, 1.54) is 4.68 Å². The summed E-state index contributed by atoms with van der Waals surface area (Å²) < 4.78 is 13.3. The lowest BCUT2D eigenvalue weighted by molar-refractivity contribution is -0.118. The van der Waals surface area contributed by atoms with E-state index in [4.69, 9.17) is 25.7 Å². The van der Waals surface area contributed by atoms with Crippen molar-refractivity contribution in [2.75, 3.05) is 11.9 Å². The topological polar surface area (TPSA) is 98.7 Å². The summed E-state index contributed by atoms with van der Waals surface area (Å²) in [7, 11) is 0. The molecule has 0 aliphatic carbocycles. The van der Waals surface area contributed by atoms with Crippen molar-refractivity contribution in [3.8, 4) is 17.3 Å². The number of para-hydroxylation sites is 2. The Morgan fingerprint density at radius 1 is 0.886 bits per heavy atom. The second kappa shape index (κ2) is 11.5. The number of furan rings is 1. The van der Waals surface area contributed by atoms with Crippen LogP contribution in [0.4, 0.5) is 5.69 Å². The van der Waals surface area contributed by atoms with Crippen molar-refractivity contribution in [3.63, 3.8) is 0 Å². The van der Waals surface area contributed by atoms with Gasteiger partial charge in [-0.05, 0) is 65.4 Å². The molecule has 0 saturated carbocycles. The second-order valence-corrected chi connectivity index (χ2v) is 10.4. The van der Waals surface area contributed by atoms with Gasteiger partial charge in [0, 0.05) is 21.7 Å². The van der Waals surface area contributed by atoms with Crippen LogP contribution in [0.1, 0.15) is 5.56 Å². The standard InChI is InChI=1S/C35H23ClN4O4/c36-24-14-16-25(17-15-24)38-33(41)21-43-31-18-13-22-7-1-3-9-26(22)28(31)20-37-40-34(32-19-23-8-2-6-12-30(23)44-32)39-29-11-5-4-10-27(29)35(40)42/h1-20H,21H2,(H,38,41). The fraction of sp³-hybridized carbons (Fsp3) is 0.0286. The molecule has 0 spiro atoms. The maximum Gasteiger partial charge on any atom is 0.282 e. The molecule has 0 atom stereocenters. The van der Waals surface area contributed by atoms with E-state index in [9.17, 15) is 9.59 Å². The highest BCUT2D eigenvalue weighted by Crippen LogP contribution is 2.29. The van der Waals surface area contributed by atoms with Crippen molar-refractivity contribution in [1.29, 1.82) is 0 Å². The third-order valence-electron chi connectivity index (χ3n) is 7.12. The fourth-order valence-electron chi connectivity index (χ4n) is 5.01. The number of anilines is 1. The Labute approximate surface area is 255 Å². The number of hydrogen-bond donors (Lipinski definition) is 1. The van der Waals surface area contributed by atoms with Gasteiger partial charge in [0.25, 0.3) is 11.5 Å². The molecule has 0 unspecified atom stereocenters. The number of carbonyl (C=O) groups is 1. The van der Waals surface area contributed by atoms with Gasteiger partial charge in [-0.25, -0.2) is 4.98 Å². The van der Waals surface area contributed by atoms with Gasteiger partial charge < -0.3 is 14.5 Å². The monoisotopic (exact) mass is 598 g/mol. The molecule has 1 N–H and O–H groups in total. The van der Waals surface area contributed by atoms with Gasteiger partial charge in [-0.15, -0.1) is 0 Å². The lowest BCUT2D eigenvalue weighted by Crippen LogP contribution is -2.21. The summed E-state index contributed by atoms with van der Waals surface area (Å²) in [6.07, 6.45) is 1.55. The number of fused-ring (bicyclic) bond motifs is 3. The van der Waals surface area contributed by atoms with Gasteiger partial charge in [-0.1, -0.05) is 72.3 Å². The number of aromatic nitrogens is 2. The molecule has 2 heterocycles. The van der Waals surface area contributed by atoms with Crippen LogP contribution < -0.4 is 15.6 Å². The zero-order valence-electron chi connectivity index (χ0n) is 23.1. The van der Waals surface area contributed by atoms with Crippen LogP contribution in [0.15, 0.2) is 130 Å². The van der Waals surface area contributed by atoms with Crippen LogP contribution >= 0.6 is 11.6 Å². The van der Waals surface area contributed by atoms with E-state index in [1.807, 2.05) is 66.7 Å². The van der Waals surface area contributed by atoms with Gasteiger partial charge in [0.15, 0.2) is 12.4 Å². The predicted molar refractivity (Wildman–Crippen MR) is 174 cm³/mol. The van der Waals surface area contributed by atoms with Crippen molar-refractivity contribution in [3.05, 3.63) is 136 Å². The summed E-state index contributed by atoms with van der Waals surface area (Å²) in [6.45, 7) is -0.247. The number of rotatable bonds is 7. The van der Waals surface area contributed by atoms with Crippen molar-refractivity contribution < 1.29 is 13.9 Å². The smallest absolute Gasteiger partial charge is 0.282 e. The molecule has 0 fully saturated rings. The molecule has 2 aromatic heterocycles. The zero-order chi connectivity index (χ0) is 30.0. The van der Waals surface area contributed by atoms with E-state index in [-0.39, 0.29) is 23.9 Å². The Morgan fingerprint density at radius 3 is 2.43 bits per heavy atom. The first-order valence-electron chi connectivity index (χ1n) is 13.8. The Bertz CT molecular complexity index is 2240. The maximum atomic E-state index is 13.8. The maximum absolute atomic E-state index is 13.8. The van der Waals surface area contributed by atoms with Crippen LogP contribution in [0.25, 0.3) is 44.2 Å². The molecule has 7 aromatic rings. The molecular weight excluding hydrogens is 576 g/mol.